The third-order valence-electron chi connectivity index (χ3n) is 5.02. The third kappa shape index (κ3) is 4.64. The Labute approximate surface area is 175 Å². The number of carbonyl (C=O) groups excluding carboxylic acids is 2. The van der Waals surface area contributed by atoms with Gasteiger partial charge < -0.3 is 10.6 Å². The fourth-order valence-corrected chi connectivity index (χ4v) is 5.53. The lowest BCUT2D eigenvalue weighted by Gasteiger charge is -2.22. The van der Waals surface area contributed by atoms with E-state index in [1.54, 1.807) is 26.0 Å². The van der Waals surface area contributed by atoms with Gasteiger partial charge in [-0.3, -0.25) is 9.59 Å². The van der Waals surface area contributed by atoms with Gasteiger partial charge in [0.1, 0.15) is 0 Å². The predicted molar refractivity (Wildman–Crippen MR) is 116 cm³/mol. The summed E-state index contributed by atoms with van der Waals surface area (Å²) in [6.07, 6.45) is 0. The molecule has 2 amide bonds. The van der Waals surface area contributed by atoms with Crippen molar-refractivity contribution in [3.05, 3.63) is 47.5 Å². The van der Waals surface area contributed by atoms with E-state index in [2.05, 4.69) is 10.6 Å². The standard InChI is InChI=1S/C21H24N2O4S2/c1-12-6-5-7-17(14(12)3)22-20(24)13(2)11-29(26,27)16-8-9-19-18(10-16)23-21(25)15(4)28-19/h5-10,13,15H,11H2,1-4H3,(H,22,24)(H,23,25)/t13-,15+/m1/s1. The molecular formula is C21H24N2O4S2. The number of hydrogen-bond donors (Lipinski definition) is 2. The highest BCUT2D eigenvalue weighted by Crippen LogP contribution is 2.37. The molecule has 2 aromatic rings. The Morgan fingerprint density at radius 1 is 1.24 bits per heavy atom. The largest absolute Gasteiger partial charge is 0.326 e. The normalized spacial score (nSPS) is 17.2. The van der Waals surface area contributed by atoms with Crippen LogP contribution >= 0.6 is 11.8 Å². The first-order valence-electron chi connectivity index (χ1n) is 9.30. The van der Waals surface area contributed by atoms with Crippen LogP contribution in [0, 0.1) is 19.8 Å². The number of nitrogens with one attached hydrogen (secondary N) is 2. The van der Waals surface area contributed by atoms with Crippen molar-refractivity contribution < 1.29 is 18.0 Å². The van der Waals surface area contributed by atoms with Crippen LogP contribution in [0.1, 0.15) is 25.0 Å². The maximum Gasteiger partial charge on any atom is 0.237 e. The molecular weight excluding hydrogens is 408 g/mol. The molecule has 2 aromatic carbocycles. The lowest BCUT2D eigenvalue weighted by atomic mass is 10.1. The molecule has 0 aromatic heterocycles. The summed E-state index contributed by atoms with van der Waals surface area (Å²) in [4.78, 5) is 25.4. The van der Waals surface area contributed by atoms with Crippen LogP contribution in [0.25, 0.3) is 0 Å². The Kier molecular flexibility index (Phi) is 6.05. The van der Waals surface area contributed by atoms with Crippen molar-refractivity contribution in [2.24, 2.45) is 5.92 Å². The number of rotatable bonds is 5. The molecule has 2 N–H and O–H groups in total. The summed E-state index contributed by atoms with van der Waals surface area (Å²) in [7, 11) is -3.70. The molecule has 0 saturated heterocycles. The van der Waals surface area contributed by atoms with Gasteiger partial charge in [-0.2, -0.15) is 0 Å². The van der Waals surface area contributed by atoms with E-state index in [9.17, 15) is 18.0 Å². The molecule has 154 valence electrons. The van der Waals surface area contributed by atoms with E-state index in [1.165, 1.54) is 23.9 Å². The van der Waals surface area contributed by atoms with E-state index in [0.29, 0.717) is 11.4 Å². The number of carbonyl (C=O) groups is 2. The summed E-state index contributed by atoms with van der Waals surface area (Å²) < 4.78 is 25.7. The first-order chi connectivity index (χ1) is 13.6. The zero-order valence-electron chi connectivity index (χ0n) is 16.8. The van der Waals surface area contributed by atoms with Crippen LogP contribution in [0.15, 0.2) is 46.2 Å². The Morgan fingerprint density at radius 2 is 1.97 bits per heavy atom. The lowest BCUT2D eigenvalue weighted by molar-refractivity contribution is -0.119. The molecule has 3 rings (SSSR count). The Hall–Kier alpha value is -2.32. The second kappa shape index (κ2) is 8.20. The van der Waals surface area contributed by atoms with Gasteiger partial charge in [-0.15, -0.1) is 11.8 Å². The van der Waals surface area contributed by atoms with Gasteiger partial charge in [0.25, 0.3) is 0 Å². The number of sulfone groups is 1. The fraction of sp³-hybridized carbons (Fsp3) is 0.333. The Bertz CT molecular complexity index is 1080. The van der Waals surface area contributed by atoms with Gasteiger partial charge in [-0.05, 0) is 56.2 Å². The van der Waals surface area contributed by atoms with Crippen LogP contribution < -0.4 is 10.6 Å². The summed E-state index contributed by atoms with van der Waals surface area (Å²) >= 11 is 1.39. The van der Waals surface area contributed by atoms with Crippen LogP contribution in [0.3, 0.4) is 0 Å². The molecule has 0 aliphatic carbocycles. The molecule has 0 saturated carbocycles. The van der Waals surface area contributed by atoms with Gasteiger partial charge in [0.15, 0.2) is 9.84 Å². The molecule has 1 aliphatic rings. The second-order valence-electron chi connectivity index (χ2n) is 7.33. The number of benzene rings is 2. The molecule has 0 spiro atoms. The monoisotopic (exact) mass is 432 g/mol. The molecule has 29 heavy (non-hydrogen) atoms. The molecule has 0 fully saturated rings. The molecule has 6 nitrogen and oxygen atoms in total. The SMILES string of the molecule is Cc1cccc(NC(=O)[C@H](C)CS(=O)(=O)c2ccc3c(c2)NC(=O)[C@H](C)S3)c1C. The van der Waals surface area contributed by atoms with Gasteiger partial charge in [-0.25, -0.2) is 8.42 Å². The van der Waals surface area contributed by atoms with E-state index >= 15 is 0 Å². The van der Waals surface area contributed by atoms with Crippen LogP contribution in [0.5, 0.6) is 0 Å². The van der Waals surface area contributed by atoms with Crippen molar-refractivity contribution in [1.29, 1.82) is 0 Å². The predicted octanol–water partition coefficient (Wildman–Crippen LogP) is 3.78. The number of thioether (sulfide) groups is 1. The maximum absolute atomic E-state index is 12.9. The number of aryl methyl sites for hydroxylation is 1. The molecule has 0 radical (unpaired) electrons. The van der Waals surface area contributed by atoms with Crippen LogP contribution in [-0.2, 0) is 19.4 Å². The smallest absolute Gasteiger partial charge is 0.237 e. The first-order valence-corrected chi connectivity index (χ1v) is 11.8. The minimum absolute atomic E-state index is 0.0955. The number of amides is 2. The summed E-state index contributed by atoms with van der Waals surface area (Å²) in [6.45, 7) is 7.25. The molecule has 0 unspecified atom stereocenters. The third-order valence-corrected chi connectivity index (χ3v) is 8.11. The fourth-order valence-electron chi connectivity index (χ4n) is 3.02. The summed E-state index contributed by atoms with van der Waals surface area (Å²) in [6, 6.07) is 10.3. The molecule has 8 heteroatoms. The van der Waals surface area contributed by atoms with Gasteiger partial charge in [0.05, 0.1) is 21.6 Å². The highest BCUT2D eigenvalue weighted by molar-refractivity contribution is 8.01. The summed E-state index contributed by atoms with van der Waals surface area (Å²) in [5.74, 6) is -1.56. The minimum atomic E-state index is -3.70. The molecule has 1 aliphatic heterocycles. The summed E-state index contributed by atoms with van der Waals surface area (Å²) in [5.41, 5.74) is 3.17. The molecule has 0 bridgehead atoms. The minimum Gasteiger partial charge on any atom is -0.326 e. The summed E-state index contributed by atoms with van der Waals surface area (Å²) in [5, 5.41) is 5.34. The first kappa shape index (κ1) is 21.4. The number of hydrogen-bond acceptors (Lipinski definition) is 5. The maximum atomic E-state index is 12.9. The molecule has 1 heterocycles. The van der Waals surface area contributed by atoms with E-state index in [4.69, 9.17) is 0 Å². The Balaban J connectivity index is 1.75. The quantitative estimate of drug-likeness (QED) is 0.750. The average molecular weight is 433 g/mol. The lowest BCUT2D eigenvalue weighted by Crippen LogP contribution is -2.28. The van der Waals surface area contributed by atoms with E-state index in [-0.39, 0.29) is 27.7 Å². The second-order valence-corrected chi connectivity index (χ2v) is 10.7. The number of fused-ring (bicyclic) bond motifs is 1. The van der Waals surface area contributed by atoms with Crippen LogP contribution in [-0.4, -0.2) is 31.2 Å². The number of anilines is 2. The topological polar surface area (TPSA) is 92.3 Å². The molecule has 2 atom stereocenters. The van der Waals surface area contributed by atoms with Crippen LogP contribution in [0.2, 0.25) is 0 Å². The highest BCUT2D eigenvalue weighted by atomic mass is 32.2. The van der Waals surface area contributed by atoms with E-state index < -0.39 is 15.8 Å². The van der Waals surface area contributed by atoms with Crippen molar-refractivity contribution in [3.8, 4) is 0 Å². The zero-order chi connectivity index (χ0) is 21.3. The van der Waals surface area contributed by atoms with Gasteiger partial charge in [0.2, 0.25) is 11.8 Å². The van der Waals surface area contributed by atoms with Gasteiger partial charge in [0, 0.05) is 16.5 Å². The zero-order valence-corrected chi connectivity index (χ0v) is 18.4. The van der Waals surface area contributed by atoms with Crippen molar-refractivity contribution in [3.63, 3.8) is 0 Å². The van der Waals surface area contributed by atoms with E-state index in [0.717, 1.165) is 16.0 Å². The van der Waals surface area contributed by atoms with Crippen molar-refractivity contribution in [1.82, 2.24) is 0 Å². The van der Waals surface area contributed by atoms with E-state index in [1.807, 2.05) is 26.0 Å². The average Bonchev–Trinajstić information content (AvgIpc) is 2.65. The van der Waals surface area contributed by atoms with Gasteiger partial charge >= 0.3 is 0 Å². The van der Waals surface area contributed by atoms with Crippen LogP contribution in [0.4, 0.5) is 11.4 Å². The van der Waals surface area contributed by atoms with Crippen molar-refractivity contribution >= 4 is 44.8 Å². The van der Waals surface area contributed by atoms with Crippen molar-refractivity contribution in [2.75, 3.05) is 16.4 Å². The highest BCUT2D eigenvalue weighted by Gasteiger charge is 2.27. The Morgan fingerprint density at radius 3 is 2.69 bits per heavy atom. The van der Waals surface area contributed by atoms with Gasteiger partial charge in [-0.1, -0.05) is 19.1 Å². The van der Waals surface area contributed by atoms with Crippen molar-refractivity contribution in [2.45, 2.75) is 42.7 Å².